The van der Waals surface area contributed by atoms with Gasteiger partial charge in [-0.3, -0.25) is 4.79 Å². The molecular weight excluding hydrogens is 224 g/mol. The number of esters is 1. The van der Waals surface area contributed by atoms with Gasteiger partial charge < -0.3 is 4.74 Å². The fourth-order valence-corrected chi connectivity index (χ4v) is 1.42. The molecule has 0 aliphatic carbocycles. The van der Waals surface area contributed by atoms with Crippen LogP contribution in [0.25, 0.3) is 0 Å². The zero-order valence-corrected chi connectivity index (χ0v) is 11.7. The van der Waals surface area contributed by atoms with Crippen LogP contribution in [-0.2, 0) is 9.53 Å². The quantitative estimate of drug-likeness (QED) is 0.322. The Labute approximate surface area is 111 Å². The minimum atomic E-state index is -0.203. The number of rotatable bonds is 10. The third kappa shape index (κ3) is 14.7. The lowest BCUT2D eigenvalue weighted by Gasteiger charge is -1.96. The molecule has 0 rings (SSSR count). The average Bonchev–Trinajstić information content (AvgIpc) is 2.34. The zero-order chi connectivity index (χ0) is 13.5. The molecule has 0 aliphatic heterocycles. The van der Waals surface area contributed by atoms with Crippen LogP contribution in [0.3, 0.4) is 0 Å². The fourth-order valence-electron chi connectivity index (χ4n) is 1.42. The maximum atomic E-state index is 10.5. The van der Waals surface area contributed by atoms with E-state index in [1.54, 1.807) is 0 Å². The third-order valence-electron chi connectivity index (χ3n) is 2.34. The number of carbonyl (C=O) groups excluding carboxylic acids is 1. The van der Waals surface area contributed by atoms with E-state index in [9.17, 15) is 4.79 Å². The summed E-state index contributed by atoms with van der Waals surface area (Å²) in [6.45, 7) is 4.08. The van der Waals surface area contributed by atoms with Gasteiger partial charge in [0, 0.05) is 6.92 Å². The molecule has 0 aromatic carbocycles. The van der Waals surface area contributed by atoms with Crippen LogP contribution in [0.1, 0.15) is 52.4 Å². The minimum Gasteiger partial charge on any atom is -0.466 e. The van der Waals surface area contributed by atoms with Crippen molar-refractivity contribution >= 4 is 5.97 Å². The second-order valence-electron chi connectivity index (χ2n) is 4.12. The molecule has 0 bridgehead atoms. The molecule has 102 valence electrons. The zero-order valence-electron chi connectivity index (χ0n) is 11.7. The summed E-state index contributed by atoms with van der Waals surface area (Å²) in [6, 6.07) is 0. The molecule has 0 aliphatic rings. The van der Waals surface area contributed by atoms with E-state index in [4.69, 9.17) is 4.74 Å². The Kier molecular flexibility index (Phi) is 12.8. The first-order valence-corrected chi connectivity index (χ1v) is 6.85. The Balaban J connectivity index is 3.26. The van der Waals surface area contributed by atoms with Gasteiger partial charge >= 0.3 is 5.97 Å². The summed E-state index contributed by atoms with van der Waals surface area (Å²) in [5, 5.41) is 0. The Morgan fingerprint density at radius 1 is 0.944 bits per heavy atom. The van der Waals surface area contributed by atoms with Gasteiger partial charge in [0.15, 0.2) is 0 Å². The van der Waals surface area contributed by atoms with Gasteiger partial charge in [-0.25, -0.2) is 0 Å². The van der Waals surface area contributed by atoms with Crippen molar-refractivity contribution in [2.75, 3.05) is 6.61 Å². The first-order chi connectivity index (χ1) is 8.77. The lowest BCUT2D eigenvalue weighted by molar-refractivity contribution is -0.140. The van der Waals surface area contributed by atoms with Crippen LogP contribution in [-0.4, -0.2) is 12.6 Å². The van der Waals surface area contributed by atoms with E-state index in [-0.39, 0.29) is 5.97 Å². The monoisotopic (exact) mass is 250 g/mol. The SMILES string of the molecule is CC/C=C/C/C=C\CCC/C=C/CCOC(C)=O. The highest BCUT2D eigenvalue weighted by Gasteiger charge is 1.88. The maximum Gasteiger partial charge on any atom is 0.302 e. The van der Waals surface area contributed by atoms with Gasteiger partial charge in [-0.1, -0.05) is 43.4 Å². The predicted molar refractivity (Wildman–Crippen MR) is 77.4 cm³/mol. The number of ether oxygens (including phenoxy) is 1. The van der Waals surface area contributed by atoms with Crippen LogP contribution in [0.2, 0.25) is 0 Å². The largest absolute Gasteiger partial charge is 0.466 e. The van der Waals surface area contributed by atoms with Gasteiger partial charge in [0.2, 0.25) is 0 Å². The van der Waals surface area contributed by atoms with E-state index in [1.165, 1.54) is 13.3 Å². The second kappa shape index (κ2) is 13.8. The van der Waals surface area contributed by atoms with Crippen molar-refractivity contribution in [3.63, 3.8) is 0 Å². The van der Waals surface area contributed by atoms with Crippen molar-refractivity contribution in [1.82, 2.24) is 0 Å². The number of hydrogen-bond donors (Lipinski definition) is 0. The number of carbonyl (C=O) groups is 1. The summed E-state index contributed by atoms with van der Waals surface area (Å²) in [5.41, 5.74) is 0. The van der Waals surface area contributed by atoms with Gasteiger partial charge in [-0.05, 0) is 38.5 Å². The molecule has 2 nitrogen and oxygen atoms in total. The van der Waals surface area contributed by atoms with E-state index in [0.29, 0.717) is 6.61 Å². The van der Waals surface area contributed by atoms with Crippen molar-refractivity contribution in [2.45, 2.75) is 52.4 Å². The summed E-state index contributed by atoms with van der Waals surface area (Å²) in [5.74, 6) is -0.203. The fraction of sp³-hybridized carbons (Fsp3) is 0.562. The van der Waals surface area contributed by atoms with Crippen LogP contribution in [0.4, 0.5) is 0 Å². The van der Waals surface area contributed by atoms with Crippen LogP contribution < -0.4 is 0 Å². The summed E-state index contributed by atoms with van der Waals surface area (Å²) in [6.07, 6.45) is 19.5. The van der Waals surface area contributed by atoms with Gasteiger partial charge in [-0.15, -0.1) is 0 Å². The number of hydrogen-bond acceptors (Lipinski definition) is 2. The highest BCUT2D eigenvalue weighted by atomic mass is 16.5. The van der Waals surface area contributed by atoms with E-state index in [0.717, 1.165) is 32.1 Å². The highest BCUT2D eigenvalue weighted by molar-refractivity contribution is 5.65. The van der Waals surface area contributed by atoms with Gasteiger partial charge in [0.1, 0.15) is 0 Å². The van der Waals surface area contributed by atoms with Crippen molar-refractivity contribution in [3.8, 4) is 0 Å². The molecule has 0 spiro atoms. The topological polar surface area (TPSA) is 26.3 Å². The molecule has 0 aromatic heterocycles. The lowest BCUT2D eigenvalue weighted by atomic mass is 10.2. The number of allylic oxidation sites excluding steroid dienone is 5. The van der Waals surface area contributed by atoms with Crippen molar-refractivity contribution in [2.24, 2.45) is 0 Å². The minimum absolute atomic E-state index is 0.203. The molecule has 0 fully saturated rings. The molecule has 0 radical (unpaired) electrons. The molecular formula is C16H26O2. The summed E-state index contributed by atoms with van der Waals surface area (Å²) < 4.78 is 4.83. The van der Waals surface area contributed by atoms with Crippen molar-refractivity contribution < 1.29 is 9.53 Å². The Bertz CT molecular complexity index is 275. The van der Waals surface area contributed by atoms with Crippen LogP contribution >= 0.6 is 0 Å². The summed E-state index contributed by atoms with van der Waals surface area (Å²) >= 11 is 0. The Morgan fingerprint density at radius 2 is 1.56 bits per heavy atom. The first kappa shape index (κ1) is 16.7. The van der Waals surface area contributed by atoms with Crippen LogP contribution in [0, 0.1) is 0 Å². The van der Waals surface area contributed by atoms with Crippen molar-refractivity contribution in [1.29, 1.82) is 0 Å². The summed E-state index contributed by atoms with van der Waals surface area (Å²) in [4.78, 5) is 10.5. The van der Waals surface area contributed by atoms with E-state index < -0.39 is 0 Å². The van der Waals surface area contributed by atoms with E-state index >= 15 is 0 Å². The highest BCUT2D eigenvalue weighted by Crippen LogP contribution is 2.00. The first-order valence-electron chi connectivity index (χ1n) is 6.85. The Hall–Kier alpha value is -1.31. The van der Waals surface area contributed by atoms with Gasteiger partial charge in [0.05, 0.1) is 6.61 Å². The number of unbranched alkanes of at least 4 members (excludes halogenated alkanes) is 2. The molecule has 18 heavy (non-hydrogen) atoms. The summed E-state index contributed by atoms with van der Waals surface area (Å²) in [7, 11) is 0. The second-order valence-corrected chi connectivity index (χ2v) is 4.12. The Morgan fingerprint density at radius 3 is 2.22 bits per heavy atom. The molecule has 0 aromatic rings. The van der Waals surface area contributed by atoms with E-state index in [1.807, 2.05) is 0 Å². The molecule has 2 heteroatoms. The normalized spacial score (nSPS) is 11.9. The molecule has 0 N–H and O–H groups in total. The average molecular weight is 250 g/mol. The van der Waals surface area contributed by atoms with E-state index in [2.05, 4.69) is 43.4 Å². The predicted octanol–water partition coefficient (Wildman–Crippen LogP) is 4.58. The molecule has 0 unspecified atom stereocenters. The van der Waals surface area contributed by atoms with Gasteiger partial charge in [-0.2, -0.15) is 0 Å². The standard InChI is InChI=1S/C16H26O2/c1-3-4-5-6-7-8-9-10-11-12-13-14-15-18-16(2)17/h4-5,7-8,12-13H,3,6,9-11,14-15H2,1-2H3/b5-4+,8-7-,13-12+. The lowest BCUT2D eigenvalue weighted by Crippen LogP contribution is -1.98. The third-order valence-corrected chi connectivity index (χ3v) is 2.34. The molecule has 0 amide bonds. The van der Waals surface area contributed by atoms with Crippen LogP contribution in [0.5, 0.6) is 0 Å². The molecule has 0 heterocycles. The molecule has 0 saturated heterocycles. The van der Waals surface area contributed by atoms with Gasteiger partial charge in [0.25, 0.3) is 0 Å². The molecule has 0 atom stereocenters. The molecule has 0 saturated carbocycles. The van der Waals surface area contributed by atoms with Crippen molar-refractivity contribution in [3.05, 3.63) is 36.5 Å². The maximum absolute atomic E-state index is 10.5. The van der Waals surface area contributed by atoms with Crippen LogP contribution in [0.15, 0.2) is 36.5 Å². The smallest absolute Gasteiger partial charge is 0.302 e.